The highest BCUT2D eigenvalue weighted by atomic mass is 79.9. The number of hydrogen-bond donors (Lipinski definition) is 6. The second-order valence-electron chi connectivity index (χ2n) is 14.1. The highest BCUT2D eigenvalue weighted by molar-refractivity contribution is 9.10. The standard InChI is InChI=1S/C18H24BrN5O.C18H25N5O.CH2Cl2/c1-11-6-7-12(17(25)20-5)8-13(11)24-16-14(19)15(22-10-23-16)21-9-18(2,3)4;1-12-6-7-13(17(24)19-5)8-14(12)23-16-9-15(21-11-22-16)20-10-18(2,3)4;2-1-3/h6-8,10H,9H2,1-5H3,(H,20,25)(H2,21,22,23,24);6-9,11H,10H2,1-5H3,(H,19,24)(H2,20,21,22,23);1H2. The first-order valence-electron chi connectivity index (χ1n) is 16.5. The Kier molecular flexibility index (Phi) is 17.5. The van der Waals surface area contributed by atoms with Crippen molar-refractivity contribution >= 4 is 85.6 Å². The maximum absolute atomic E-state index is 11.8. The van der Waals surface area contributed by atoms with Crippen molar-refractivity contribution in [3.05, 3.63) is 81.8 Å². The summed E-state index contributed by atoms with van der Waals surface area (Å²) in [5.41, 5.74) is 5.21. The summed E-state index contributed by atoms with van der Waals surface area (Å²) < 4.78 is 0.754. The number of aromatic nitrogens is 4. The van der Waals surface area contributed by atoms with Gasteiger partial charge in [-0.3, -0.25) is 9.59 Å². The first kappa shape index (κ1) is 44.0. The van der Waals surface area contributed by atoms with Crippen LogP contribution in [-0.4, -0.2) is 64.3 Å². The molecule has 12 nitrogen and oxygen atoms in total. The number of anilines is 6. The zero-order valence-corrected chi connectivity index (χ0v) is 34.7. The number of nitrogens with one attached hydrogen (secondary N) is 6. The van der Waals surface area contributed by atoms with E-state index in [2.05, 4.69) is 109 Å². The fourth-order valence-corrected chi connectivity index (χ4v) is 4.60. The van der Waals surface area contributed by atoms with Crippen LogP contribution in [0.15, 0.2) is 59.6 Å². The van der Waals surface area contributed by atoms with Gasteiger partial charge in [-0.05, 0) is 76.0 Å². The number of carbonyl (C=O) groups is 2. The molecule has 0 radical (unpaired) electrons. The van der Waals surface area contributed by atoms with Gasteiger partial charge in [0.2, 0.25) is 0 Å². The second-order valence-corrected chi connectivity index (χ2v) is 15.7. The Morgan fingerprint density at radius 2 is 1.10 bits per heavy atom. The van der Waals surface area contributed by atoms with E-state index >= 15 is 0 Å². The molecule has 0 aliphatic rings. The lowest BCUT2D eigenvalue weighted by atomic mass is 9.97. The molecule has 4 aromatic rings. The van der Waals surface area contributed by atoms with Gasteiger partial charge in [0.25, 0.3) is 11.8 Å². The molecule has 2 aromatic carbocycles. The SMILES string of the molecule is CNC(=O)c1ccc(C)c(Nc2cc(NCC(C)(C)C)ncn2)c1.CNC(=O)c1ccc(C)c(Nc2ncnc(NCC(C)(C)C)c2Br)c1.ClCCl. The zero-order valence-electron chi connectivity index (χ0n) is 31.6. The van der Waals surface area contributed by atoms with Crippen molar-refractivity contribution < 1.29 is 9.59 Å². The average Bonchev–Trinajstić information content (AvgIpc) is 3.09. The molecule has 2 heterocycles. The normalized spacial score (nSPS) is 10.8. The molecule has 2 amide bonds. The van der Waals surface area contributed by atoms with Gasteiger partial charge in [-0.1, -0.05) is 53.7 Å². The number of halogens is 3. The Bertz CT molecular complexity index is 1780. The largest absolute Gasteiger partial charge is 0.369 e. The van der Waals surface area contributed by atoms with Crippen molar-refractivity contribution in [2.75, 3.05) is 53.8 Å². The zero-order chi connectivity index (χ0) is 39.1. The van der Waals surface area contributed by atoms with Crippen molar-refractivity contribution in [1.29, 1.82) is 0 Å². The molecular weight excluding hydrogens is 767 g/mol. The molecule has 0 fully saturated rings. The van der Waals surface area contributed by atoms with Gasteiger partial charge in [0.15, 0.2) is 0 Å². The fourth-order valence-electron chi connectivity index (χ4n) is 4.16. The Hall–Kier alpha value is -4.20. The smallest absolute Gasteiger partial charge is 0.251 e. The molecule has 0 aliphatic heterocycles. The predicted molar refractivity (Wildman–Crippen MR) is 220 cm³/mol. The molecule has 0 atom stereocenters. The molecule has 2 aromatic heterocycles. The molecule has 4 rings (SSSR count). The molecular formula is C37H51BrCl2N10O2. The van der Waals surface area contributed by atoms with Crippen LogP contribution < -0.4 is 31.9 Å². The van der Waals surface area contributed by atoms with Crippen molar-refractivity contribution in [2.24, 2.45) is 10.8 Å². The van der Waals surface area contributed by atoms with Gasteiger partial charge < -0.3 is 31.9 Å². The second kappa shape index (κ2) is 20.7. The van der Waals surface area contributed by atoms with E-state index in [4.69, 9.17) is 23.2 Å². The molecule has 52 heavy (non-hydrogen) atoms. The lowest BCUT2D eigenvalue weighted by Gasteiger charge is -2.20. The van der Waals surface area contributed by atoms with E-state index in [0.717, 1.165) is 51.7 Å². The first-order valence-corrected chi connectivity index (χ1v) is 18.4. The summed E-state index contributed by atoms with van der Waals surface area (Å²) in [6, 6.07) is 12.9. The predicted octanol–water partition coefficient (Wildman–Crippen LogP) is 8.88. The quantitative estimate of drug-likeness (QED) is 0.0855. The van der Waals surface area contributed by atoms with E-state index in [-0.39, 0.29) is 28.0 Å². The fraction of sp³-hybridized carbons (Fsp3) is 0.405. The van der Waals surface area contributed by atoms with Gasteiger partial charge >= 0.3 is 0 Å². The number of benzene rings is 2. The molecule has 6 N–H and O–H groups in total. The Morgan fingerprint density at radius 1 is 0.654 bits per heavy atom. The third kappa shape index (κ3) is 15.2. The number of rotatable bonds is 10. The summed E-state index contributed by atoms with van der Waals surface area (Å²) in [4.78, 5) is 40.7. The van der Waals surface area contributed by atoms with Gasteiger partial charge in [0.05, 0.1) is 5.34 Å². The van der Waals surface area contributed by atoms with Crippen LogP contribution in [0.3, 0.4) is 0 Å². The van der Waals surface area contributed by atoms with Crippen LogP contribution in [-0.2, 0) is 0 Å². The van der Waals surface area contributed by atoms with Gasteiger partial charge in [0, 0.05) is 55.8 Å². The summed E-state index contributed by atoms with van der Waals surface area (Å²) in [5.74, 6) is 2.57. The topological polar surface area (TPSA) is 158 Å². The van der Waals surface area contributed by atoms with Crippen LogP contribution in [0.1, 0.15) is 73.4 Å². The maximum atomic E-state index is 11.8. The molecule has 0 saturated heterocycles. The molecule has 0 unspecified atom stereocenters. The summed E-state index contributed by atoms with van der Waals surface area (Å²) in [6.07, 6.45) is 3.03. The minimum atomic E-state index is -0.127. The minimum Gasteiger partial charge on any atom is -0.369 e. The van der Waals surface area contributed by atoms with E-state index < -0.39 is 0 Å². The highest BCUT2D eigenvalue weighted by Gasteiger charge is 2.15. The van der Waals surface area contributed by atoms with Crippen molar-refractivity contribution in [3.63, 3.8) is 0 Å². The van der Waals surface area contributed by atoms with Gasteiger partial charge in [-0.15, -0.1) is 23.2 Å². The molecule has 282 valence electrons. The van der Waals surface area contributed by atoms with Crippen LogP contribution in [0.2, 0.25) is 0 Å². The molecule has 15 heteroatoms. The molecule has 0 spiro atoms. The third-order valence-corrected chi connectivity index (χ3v) is 7.76. The first-order chi connectivity index (χ1) is 24.4. The maximum Gasteiger partial charge on any atom is 0.251 e. The monoisotopic (exact) mass is 816 g/mol. The lowest BCUT2D eigenvalue weighted by molar-refractivity contribution is 0.0955. The number of nitrogens with zero attached hydrogens (tertiary/aromatic N) is 4. The van der Waals surface area contributed by atoms with Crippen molar-refractivity contribution in [2.45, 2.75) is 55.4 Å². The third-order valence-electron chi connectivity index (χ3n) is 7.01. The minimum absolute atomic E-state index is 0.117. The number of aryl methyl sites for hydroxylation is 2. The number of amides is 2. The lowest BCUT2D eigenvalue weighted by Crippen LogP contribution is -2.20. The van der Waals surface area contributed by atoms with E-state index in [1.54, 1.807) is 26.2 Å². The number of carbonyl (C=O) groups excluding carboxylic acids is 2. The van der Waals surface area contributed by atoms with Crippen LogP contribution in [0, 0.1) is 24.7 Å². The van der Waals surface area contributed by atoms with Crippen LogP contribution >= 0.6 is 39.1 Å². The van der Waals surface area contributed by atoms with E-state index in [1.807, 2.05) is 44.2 Å². The van der Waals surface area contributed by atoms with Gasteiger partial charge in [-0.25, -0.2) is 19.9 Å². The highest BCUT2D eigenvalue weighted by Crippen LogP contribution is 2.31. The van der Waals surface area contributed by atoms with Crippen LogP contribution in [0.4, 0.5) is 34.6 Å². The van der Waals surface area contributed by atoms with E-state index in [1.165, 1.54) is 12.7 Å². The Morgan fingerprint density at radius 3 is 1.60 bits per heavy atom. The molecule has 0 aliphatic carbocycles. The van der Waals surface area contributed by atoms with Gasteiger partial charge in [0.1, 0.15) is 40.4 Å². The Labute approximate surface area is 326 Å². The molecule has 0 bridgehead atoms. The summed E-state index contributed by atoms with van der Waals surface area (Å²) in [6.45, 7) is 18.5. The summed E-state index contributed by atoms with van der Waals surface area (Å²) in [5, 5.41) is 18.6. The van der Waals surface area contributed by atoms with Crippen LogP contribution in [0.5, 0.6) is 0 Å². The Balaban J connectivity index is 0.000000335. The van der Waals surface area contributed by atoms with Crippen molar-refractivity contribution in [3.8, 4) is 0 Å². The number of hydrogen-bond acceptors (Lipinski definition) is 10. The summed E-state index contributed by atoms with van der Waals surface area (Å²) in [7, 11) is 3.23. The van der Waals surface area contributed by atoms with Crippen molar-refractivity contribution in [1.82, 2.24) is 30.6 Å². The summed E-state index contributed by atoms with van der Waals surface area (Å²) >= 11 is 13.1. The number of alkyl halides is 2. The van der Waals surface area contributed by atoms with Crippen LogP contribution in [0.25, 0.3) is 0 Å². The van der Waals surface area contributed by atoms with Gasteiger partial charge in [-0.2, -0.15) is 0 Å². The molecule has 0 saturated carbocycles. The van der Waals surface area contributed by atoms with E-state index in [0.29, 0.717) is 22.8 Å². The average molecular weight is 819 g/mol. The van der Waals surface area contributed by atoms with E-state index in [9.17, 15) is 9.59 Å².